The molecular weight excluding hydrogens is 178 g/mol. The standard InChI is InChI=1S/C11H17NO2/c1-9-2-4-10(5-3-9)7-14-8-11(13)6-12/h2-5,11,13H,6-8,12H2,1H3/t11-/m1/s1. The van der Waals surface area contributed by atoms with Crippen molar-refractivity contribution in [3.63, 3.8) is 0 Å². The minimum Gasteiger partial charge on any atom is -0.389 e. The summed E-state index contributed by atoms with van der Waals surface area (Å²) in [6.45, 7) is 3.11. The average Bonchev–Trinajstić information content (AvgIpc) is 2.21. The van der Waals surface area contributed by atoms with E-state index in [1.807, 2.05) is 31.2 Å². The van der Waals surface area contributed by atoms with Crippen LogP contribution in [0, 0.1) is 6.92 Å². The number of ether oxygens (including phenoxy) is 1. The van der Waals surface area contributed by atoms with Crippen molar-refractivity contribution >= 4 is 0 Å². The summed E-state index contributed by atoms with van der Waals surface area (Å²) >= 11 is 0. The highest BCUT2D eigenvalue weighted by molar-refractivity contribution is 5.20. The first-order valence-corrected chi connectivity index (χ1v) is 4.74. The summed E-state index contributed by atoms with van der Waals surface area (Å²) in [5.41, 5.74) is 7.58. The van der Waals surface area contributed by atoms with E-state index in [9.17, 15) is 0 Å². The van der Waals surface area contributed by atoms with E-state index in [2.05, 4.69) is 0 Å². The number of nitrogens with two attached hydrogens (primary N) is 1. The molecule has 3 heteroatoms. The van der Waals surface area contributed by atoms with Gasteiger partial charge in [0.05, 0.1) is 19.3 Å². The van der Waals surface area contributed by atoms with Gasteiger partial charge < -0.3 is 15.6 Å². The maximum atomic E-state index is 9.13. The highest BCUT2D eigenvalue weighted by Crippen LogP contribution is 2.04. The third-order valence-corrected chi connectivity index (χ3v) is 1.97. The lowest BCUT2D eigenvalue weighted by molar-refractivity contribution is 0.0329. The summed E-state index contributed by atoms with van der Waals surface area (Å²) in [5, 5.41) is 9.13. The highest BCUT2D eigenvalue weighted by atomic mass is 16.5. The van der Waals surface area contributed by atoms with Crippen LogP contribution in [-0.4, -0.2) is 24.4 Å². The molecule has 0 radical (unpaired) electrons. The van der Waals surface area contributed by atoms with Crippen LogP contribution >= 0.6 is 0 Å². The smallest absolute Gasteiger partial charge is 0.0895 e. The second kappa shape index (κ2) is 5.75. The molecule has 0 aliphatic heterocycles. The second-order valence-electron chi connectivity index (χ2n) is 3.39. The summed E-state index contributed by atoms with van der Waals surface area (Å²) < 4.78 is 5.28. The maximum absolute atomic E-state index is 9.13. The molecule has 0 saturated carbocycles. The first kappa shape index (κ1) is 11.2. The van der Waals surface area contributed by atoms with E-state index in [-0.39, 0.29) is 6.54 Å². The van der Waals surface area contributed by atoms with Gasteiger partial charge in [-0.25, -0.2) is 0 Å². The number of hydrogen-bond acceptors (Lipinski definition) is 3. The lowest BCUT2D eigenvalue weighted by atomic mass is 10.2. The van der Waals surface area contributed by atoms with Crippen molar-refractivity contribution in [2.24, 2.45) is 5.73 Å². The summed E-state index contributed by atoms with van der Waals surface area (Å²) in [6.07, 6.45) is -0.555. The predicted octanol–water partition coefficient (Wildman–Crippen LogP) is 0.831. The lowest BCUT2D eigenvalue weighted by Gasteiger charge is -2.08. The Bertz CT molecular complexity index is 258. The number of hydrogen-bond donors (Lipinski definition) is 2. The van der Waals surface area contributed by atoms with Gasteiger partial charge in [0, 0.05) is 6.54 Å². The molecule has 0 aliphatic rings. The molecule has 0 aliphatic carbocycles. The number of aryl methyl sites for hydroxylation is 1. The van der Waals surface area contributed by atoms with E-state index >= 15 is 0 Å². The Morgan fingerprint density at radius 1 is 1.36 bits per heavy atom. The quantitative estimate of drug-likeness (QED) is 0.731. The van der Waals surface area contributed by atoms with Gasteiger partial charge in [-0.1, -0.05) is 29.8 Å². The average molecular weight is 195 g/mol. The third-order valence-electron chi connectivity index (χ3n) is 1.97. The largest absolute Gasteiger partial charge is 0.389 e. The van der Waals surface area contributed by atoms with Crippen LogP contribution in [0.4, 0.5) is 0 Å². The van der Waals surface area contributed by atoms with E-state index < -0.39 is 6.10 Å². The van der Waals surface area contributed by atoms with Crippen molar-refractivity contribution in [1.29, 1.82) is 0 Å². The molecule has 3 nitrogen and oxygen atoms in total. The van der Waals surface area contributed by atoms with Crippen LogP contribution in [0.1, 0.15) is 11.1 Å². The Morgan fingerprint density at radius 2 is 2.00 bits per heavy atom. The summed E-state index contributed by atoms with van der Waals surface area (Å²) in [5.74, 6) is 0. The molecule has 1 aromatic rings. The lowest BCUT2D eigenvalue weighted by Crippen LogP contribution is -2.24. The Morgan fingerprint density at radius 3 is 2.57 bits per heavy atom. The van der Waals surface area contributed by atoms with Crippen LogP contribution in [0.15, 0.2) is 24.3 Å². The molecule has 0 saturated heterocycles. The van der Waals surface area contributed by atoms with Gasteiger partial charge in [-0.2, -0.15) is 0 Å². The maximum Gasteiger partial charge on any atom is 0.0895 e. The number of benzene rings is 1. The molecular formula is C11H17NO2. The van der Waals surface area contributed by atoms with Gasteiger partial charge >= 0.3 is 0 Å². The predicted molar refractivity (Wildman–Crippen MR) is 55.9 cm³/mol. The Labute approximate surface area is 84.5 Å². The number of rotatable bonds is 5. The first-order valence-electron chi connectivity index (χ1n) is 4.74. The van der Waals surface area contributed by atoms with E-state index in [0.29, 0.717) is 13.2 Å². The van der Waals surface area contributed by atoms with Gasteiger partial charge in [0.15, 0.2) is 0 Å². The summed E-state index contributed by atoms with van der Waals surface area (Å²) in [6, 6.07) is 8.12. The van der Waals surface area contributed by atoms with Gasteiger partial charge in [0.2, 0.25) is 0 Å². The first-order chi connectivity index (χ1) is 6.72. The topological polar surface area (TPSA) is 55.5 Å². The fourth-order valence-electron chi connectivity index (χ4n) is 1.07. The molecule has 0 fully saturated rings. The molecule has 0 aromatic heterocycles. The molecule has 0 bridgehead atoms. The monoisotopic (exact) mass is 195 g/mol. The Kier molecular flexibility index (Phi) is 4.59. The minimum atomic E-state index is -0.555. The highest BCUT2D eigenvalue weighted by Gasteiger charge is 2.00. The molecule has 78 valence electrons. The second-order valence-corrected chi connectivity index (χ2v) is 3.39. The zero-order valence-corrected chi connectivity index (χ0v) is 8.44. The Hall–Kier alpha value is -0.900. The van der Waals surface area contributed by atoms with E-state index in [0.717, 1.165) is 5.56 Å². The Balaban J connectivity index is 2.28. The fourth-order valence-corrected chi connectivity index (χ4v) is 1.07. The normalized spacial score (nSPS) is 12.8. The van der Waals surface area contributed by atoms with Crippen molar-refractivity contribution in [3.8, 4) is 0 Å². The molecule has 0 spiro atoms. The van der Waals surface area contributed by atoms with Crippen molar-refractivity contribution in [2.45, 2.75) is 19.6 Å². The zero-order chi connectivity index (χ0) is 10.4. The number of aliphatic hydroxyl groups excluding tert-OH is 1. The van der Waals surface area contributed by atoms with Crippen LogP contribution in [0.3, 0.4) is 0 Å². The fraction of sp³-hybridized carbons (Fsp3) is 0.455. The molecule has 1 rings (SSSR count). The van der Waals surface area contributed by atoms with E-state index in [1.54, 1.807) is 0 Å². The van der Waals surface area contributed by atoms with E-state index in [1.165, 1.54) is 5.56 Å². The molecule has 1 aromatic carbocycles. The molecule has 0 heterocycles. The minimum absolute atomic E-state index is 0.244. The van der Waals surface area contributed by atoms with Crippen molar-refractivity contribution < 1.29 is 9.84 Å². The van der Waals surface area contributed by atoms with E-state index in [4.69, 9.17) is 15.6 Å². The van der Waals surface area contributed by atoms with Crippen LogP contribution in [0.2, 0.25) is 0 Å². The van der Waals surface area contributed by atoms with Crippen LogP contribution in [-0.2, 0) is 11.3 Å². The zero-order valence-electron chi connectivity index (χ0n) is 8.44. The molecule has 14 heavy (non-hydrogen) atoms. The molecule has 3 N–H and O–H groups in total. The summed E-state index contributed by atoms with van der Waals surface area (Å²) in [4.78, 5) is 0. The molecule has 1 atom stereocenters. The number of aliphatic hydroxyl groups is 1. The van der Waals surface area contributed by atoms with Gasteiger partial charge in [0.25, 0.3) is 0 Å². The van der Waals surface area contributed by atoms with Gasteiger partial charge in [0.1, 0.15) is 0 Å². The summed E-state index contributed by atoms with van der Waals surface area (Å²) in [7, 11) is 0. The van der Waals surface area contributed by atoms with Crippen molar-refractivity contribution in [1.82, 2.24) is 0 Å². The van der Waals surface area contributed by atoms with Crippen LogP contribution < -0.4 is 5.73 Å². The molecule has 0 amide bonds. The van der Waals surface area contributed by atoms with Crippen LogP contribution in [0.5, 0.6) is 0 Å². The SMILES string of the molecule is Cc1ccc(COC[C@H](O)CN)cc1. The van der Waals surface area contributed by atoms with Crippen LogP contribution in [0.25, 0.3) is 0 Å². The van der Waals surface area contributed by atoms with Gasteiger partial charge in [-0.05, 0) is 12.5 Å². The molecule has 0 unspecified atom stereocenters. The van der Waals surface area contributed by atoms with Crippen molar-refractivity contribution in [2.75, 3.05) is 13.2 Å². The van der Waals surface area contributed by atoms with Gasteiger partial charge in [-0.3, -0.25) is 0 Å². The van der Waals surface area contributed by atoms with Gasteiger partial charge in [-0.15, -0.1) is 0 Å². The van der Waals surface area contributed by atoms with Crippen molar-refractivity contribution in [3.05, 3.63) is 35.4 Å². The third kappa shape index (κ3) is 3.87.